The molecule has 0 unspecified atom stereocenters. The van der Waals surface area contributed by atoms with E-state index in [1.54, 1.807) is 12.1 Å². The van der Waals surface area contributed by atoms with Gasteiger partial charge in [0.25, 0.3) is 0 Å². The molecule has 3 heterocycles. The average molecular weight is 423 g/mol. The average Bonchev–Trinajstić information content (AvgIpc) is 3.11. The summed E-state index contributed by atoms with van der Waals surface area (Å²) < 4.78 is 19.9. The Bertz CT molecular complexity index is 1050. The fraction of sp³-hybridized carbons (Fsp3) is 0.375. The van der Waals surface area contributed by atoms with Crippen LogP contribution in [0.3, 0.4) is 0 Å². The Labute approximate surface area is 181 Å². The number of aryl methyl sites for hydroxylation is 2. The highest BCUT2D eigenvalue weighted by atomic mass is 19.1. The van der Waals surface area contributed by atoms with Gasteiger partial charge in [0.1, 0.15) is 11.9 Å². The van der Waals surface area contributed by atoms with Gasteiger partial charge in [0.15, 0.2) is 0 Å². The Morgan fingerprint density at radius 1 is 1.23 bits per heavy atom. The fourth-order valence-corrected chi connectivity index (χ4v) is 4.00. The summed E-state index contributed by atoms with van der Waals surface area (Å²) in [6.07, 6.45) is 1.25. The van der Waals surface area contributed by atoms with Crippen molar-refractivity contribution in [3.8, 4) is 0 Å². The Hall–Kier alpha value is -3.06. The number of carbonyl (C=O) groups excluding carboxylic acids is 1. The fourth-order valence-electron chi connectivity index (χ4n) is 4.00. The standard InChI is InChI=1S/C24H27FN4O2/c1-16-20(17(2)28-27-16)10-11-24(30)29-12-13-31-23(15-29)22-9-5-7-19(26-22)14-18-6-3-4-8-21(18)25/h3-9,23H,10-15H2,1-2H3,(H,27,28)/t23-/m0/s1. The molecule has 0 aliphatic carbocycles. The number of hydrogen-bond donors (Lipinski definition) is 1. The molecule has 1 saturated heterocycles. The second-order valence-electron chi connectivity index (χ2n) is 7.93. The van der Waals surface area contributed by atoms with E-state index in [4.69, 9.17) is 9.72 Å². The van der Waals surface area contributed by atoms with Crippen molar-refractivity contribution in [2.75, 3.05) is 19.7 Å². The molecule has 1 aliphatic heterocycles. The van der Waals surface area contributed by atoms with E-state index in [0.717, 1.165) is 28.3 Å². The highest BCUT2D eigenvalue weighted by Gasteiger charge is 2.26. The topological polar surface area (TPSA) is 71.1 Å². The number of H-pyrrole nitrogens is 1. The van der Waals surface area contributed by atoms with Crippen molar-refractivity contribution in [1.82, 2.24) is 20.1 Å². The van der Waals surface area contributed by atoms with Crippen LogP contribution >= 0.6 is 0 Å². The summed E-state index contributed by atoms with van der Waals surface area (Å²) >= 11 is 0. The highest BCUT2D eigenvalue weighted by molar-refractivity contribution is 5.76. The first kappa shape index (κ1) is 21.2. The van der Waals surface area contributed by atoms with E-state index in [0.29, 0.717) is 44.5 Å². The number of nitrogens with zero attached hydrogens (tertiary/aromatic N) is 3. The van der Waals surface area contributed by atoms with E-state index in [2.05, 4.69) is 10.2 Å². The van der Waals surface area contributed by atoms with Crippen molar-refractivity contribution in [2.45, 2.75) is 39.2 Å². The maximum Gasteiger partial charge on any atom is 0.223 e. The van der Waals surface area contributed by atoms with Crippen LogP contribution in [0, 0.1) is 19.7 Å². The predicted octanol–water partition coefficient (Wildman–Crippen LogP) is 3.68. The van der Waals surface area contributed by atoms with Crippen molar-refractivity contribution in [2.24, 2.45) is 0 Å². The normalized spacial score (nSPS) is 16.5. The minimum atomic E-state index is -0.282. The van der Waals surface area contributed by atoms with E-state index in [1.807, 2.05) is 43.0 Å². The first-order chi connectivity index (χ1) is 15.0. The van der Waals surface area contributed by atoms with E-state index >= 15 is 0 Å². The number of amides is 1. The summed E-state index contributed by atoms with van der Waals surface area (Å²) in [5.74, 6) is -0.126. The summed E-state index contributed by atoms with van der Waals surface area (Å²) in [6, 6.07) is 12.4. The number of morpholine rings is 1. The molecule has 0 radical (unpaired) electrons. The zero-order valence-electron chi connectivity index (χ0n) is 17.9. The van der Waals surface area contributed by atoms with Crippen LogP contribution in [0.15, 0.2) is 42.5 Å². The molecule has 0 bridgehead atoms. The van der Waals surface area contributed by atoms with Crippen LogP contribution in [0.1, 0.15) is 46.4 Å². The second-order valence-corrected chi connectivity index (χ2v) is 7.93. The number of benzene rings is 1. The van der Waals surface area contributed by atoms with Crippen LogP contribution in [0.5, 0.6) is 0 Å². The number of rotatable bonds is 6. The van der Waals surface area contributed by atoms with Crippen LogP contribution < -0.4 is 0 Å². The van der Waals surface area contributed by atoms with Crippen LogP contribution in [-0.4, -0.2) is 45.7 Å². The molecule has 1 aromatic carbocycles. The lowest BCUT2D eigenvalue weighted by Gasteiger charge is -2.33. The number of aromatic nitrogens is 3. The van der Waals surface area contributed by atoms with Crippen LogP contribution in [0.25, 0.3) is 0 Å². The van der Waals surface area contributed by atoms with Crippen molar-refractivity contribution in [3.05, 3.63) is 82.2 Å². The smallest absolute Gasteiger partial charge is 0.223 e. The molecule has 1 fully saturated rings. The van der Waals surface area contributed by atoms with Crippen molar-refractivity contribution in [1.29, 1.82) is 0 Å². The minimum absolute atomic E-state index is 0.107. The molecule has 4 rings (SSSR count). The van der Waals surface area contributed by atoms with Gasteiger partial charge in [0.05, 0.1) is 24.5 Å². The molecule has 0 saturated carbocycles. The highest BCUT2D eigenvalue weighted by Crippen LogP contribution is 2.23. The van der Waals surface area contributed by atoms with Gasteiger partial charge in [-0.05, 0) is 49.6 Å². The molecule has 1 amide bonds. The Morgan fingerprint density at radius 3 is 2.84 bits per heavy atom. The lowest BCUT2D eigenvalue weighted by atomic mass is 10.1. The molecule has 1 N–H and O–H groups in total. The van der Waals surface area contributed by atoms with Gasteiger partial charge in [-0.1, -0.05) is 24.3 Å². The van der Waals surface area contributed by atoms with Crippen molar-refractivity contribution in [3.63, 3.8) is 0 Å². The number of aromatic amines is 1. The lowest BCUT2D eigenvalue weighted by Crippen LogP contribution is -2.42. The van der Waals surface area contributed by atoms with Gasteiger partial charge >= 0.3 is 0 Å². The van der Waals surface area contributed by atoms with Gasteiger partial charge in [-0.15, -0.1) is 0 Å². The molecule has 6 nitrogen and oxygen atoms in total. The van der Waals surface area contributed by atoms with Gasteiger partial charge in [-0.3, -0.25) is 14.9 Å². The quantitative estimate of drug-likeness (QED) is 0.658. The zero-order chi connectivity index (χ0) is 21.8. The SMILES string of the molecule is Cc1n[nH]c(C)c1CCC(=O)N1CCO[C@H](c2cccc(Cc3ccccc3F)n2)C1. The van der Waals surface area contributed by atoms with Gasteiger partial charge in [-0.2, -0.15) is 5.10 Å². The third kappa shape index (κ3) is 4.99. The number of ether oxygens (including phenoxy) is 1. The summed E-state index contributed by atoms with van der Waals surface area (Å²) in [5, 5.41) is 7.17. The van der Waals surface area contributed by atoms with E-state index in [1.165, 1.54) is 6.07 Å². The summed E-state index contributed by atoms with van der Waals surface area (Å²) in [4.78, 5) is 19.4. The number of carbonyl (C=O) groups is 1. The first-order valence-corrected chi connectivity index (χ1v) is 10.6. The number of halogens is 1. The van der Waals surface area contributed by atoms with Gasteiger partial charge in [0, 0.05) is 30.8 Å². The first-order valence-electron chi connectivity index (χ1n) is 10.6. The summed E-state index contributed by atoms with van der Waals surface area (Å²) in [6.45, 7) is 5.45. The van der Waals surface area contributed by atoms with E-state index in [9.17, 15) is 9.18 Å². The predicted molar refractivity (Wildman–Crippen MR) is 115 cm³/mol. The molecular formula is C24H27FN4O2. The molecule has 31 heavy (non-hydrogen) atoms. The molecule has 1 atom stereocenters. The number of nitrogens with one attached hydrogen (secondary N) is 1. The van der Waals surface area contributed by atoms with E-state index in [-0.39, 0.29) is 17.8 Å². The van der Waals surface area contributed by atoms with Gasteiger partial charge < -0.3 is 9.64 Å². The molecule has 7 heteroatoms. The summed E-state index contributed by atoms with van der Waals surface area (Å²) in [5.41, 5.74) is 5.23. The molecular weight excluding hydrogens is 395 g/mol. The van der Waals surface area contributed by atoms with Crippen LogP contribution in [-0.2, 0) is 22.4 Å². The minimum Gasteiger partial charge on any atom is -0.368 e. The Kier molecular flexibility index (Phi) is 6.42. The monoisotopic (exact) mass is 422 g/mol. The Morgan fingerprint density at radius 2 is 2.06 bits per heavy atom. The van der Waals surface area contributed by atoms with Crippen LogP contribution in [0.4, 0.5) is 4.39 Å². The lowest BCUT2D eigenvalue weighted by molar-refractivity contribution is -0.139. The van der Waals surface area contributed by atoms with Crippen LogP contribution in [0.2, 0.25) is 0 Å². The van der Waals surface area contributed by atoms with Gasteiger partial charge in [-0.25, -0.2) is 4.39 Å². The second kappa shape index (κ2) is 9.39. The summed E-state index contributed by atoms with van der Waals surface area (Å²) in [7, 11) is 0. The van der Waals surface area contributed by atoms with Crippen molar-refractivity contribution >= 4 is 5.91 Å². The number of hydrogen-bond acceptors (Lipinski definition) is 4. The third-order valence-corrected chi connectivity index (χ3v) is 5.78. The molecule has 1 aliphatic rings. The molecule has 0 spiro atoms. The maximum atomic E-state index is 14.0. The largest absolute Gasteiger partial charge is 0.368 e. The molecule has 162 valence electrons. The maximum absolute atomic E-state index is 14.0. The van der Waals surface area contributed by atoms with E-state index < -0.39 is 0 Å². The van der Waals surface area contributed by atoms with Crippen molar-refractivity contribution < 1.29 is 13.9 Å². The molecule has 3 aromatic rings. The number of pyridine rings is 1. The third-order valence-electron chi connectivity index (χ3n) is 5.78. The zero-order valence-corrected chi connectivity index (χ0v) is 17.9. The molecule has 2 aromatic heterocycles. The van der Waals surface area contributed by atoms with Gasteiger partial charge in [0.2, 0.25) is 5.91 Å². The Balaban J connectivity index is 1.40.